The van der Waals surface area contributed by atoms with Gasteiger partial charge in [0.15, 0.2) is 11.5 Å². The highest BCUT2D eigenvalue weighted by Crippen LogP contribution is 2.24. The first-order valence-electron chi connectivity index (χ1n) is 11.7. The predicted octanol–water partition coefficient (Wildman–Crippen LogP) is 3.78. The molecule has 5 rings (SSSR count). The van der Waals surface area contributed by atoms with Crippen molar-refractivity contribution < 1.29 is 0 Å². The van der Waals surface area contributed by atoms with E-state index in [1.165, 1.54) is 11.1 Å². The van der Waals surface area contributed by atoms with E-state index < -0.39 is 11.2 Å². The summed E-state index contributed by atoms with van der Waals surface area (Å²) >= 11 is 0. The molecule has 0 aliphatic carbocycles. The Labute approximate surface area is 202 Å². The molecule has 2 aliphatic rings. The lowest BCUT2D eigenvalue weighted by Gasteiger charge is -2.22. The van der Waals surface area contributed by atoms with Crippen molar-refractivity contribution in [1.82, 2.24) is 24.8 Å². The second-order valence-electron chi connectivity index (χ2n) is 8.84. The van der Waals surface area contributed by atoms with Crippen molar-refractivity contribution in [3.63, 3.8) is 0 Å². The maximum atomic E-state index is 12.5. The SMILES string of the molecule is Cc1cc2nc3c(=O)[nH]c(=O)nc-3n(CCNC(Cc3ccccc3)c3ccccc3)c2cc1C. The second-order valence-corrected chi connectivity index (χ2v) is 8.84. The van der Waals surface area contributed by atoms with Crippen molar-refractivity contribution >= 4 is 11.0 Å². The highest BCUT2D eigenvalue weighted by molar-refractivity contribution is 5.81. The smallest absolute Gasteiger partial charge is 0.321 e. The van der Waals surface area contributed by atoms with Crippen LogP contribution >= 0.6 is 0 Å². The molecule has 1 atom stereocenters. The molecule has 1 unspecified atom stereocenters. The first-order valence-corrected chi connectivity index (χ1v) is 11.7. The molecule has 0 fully saturated rings. The van der Waals surface area contributed by atoms with E-state index in [4.69, 9.17) is 0 Å². The molecule has 176 valence electrons. The quantitative estimate of drug-likeness (QED) is 0.357. The van der Waals surface area contributed by atoms with Crippen LogP contribution in [0.4, 0.5) is 0 Å². The maximum Gasteiger partial charge on any atom is 0.349 e. The monoisotopic (exact) mass is 465 g/mol. The van der Waals surface area contributed by atoms with Crippen LogP contribution < -0.4 is 16.6 Å². The number of aromatic nitrogens is 4. The molecular formula is C28H27N5O2. The molecule has 0 bridgehead atoms. The van der Waals surface area contributed by atoms with Gasteiger partial charge < -0.3 is 9.88 Å². The third-order valence-corrected chi connectivity index (χ3v) is 6.44. The highest BCUT2D eigenvalue weighted by atomic mass is 16.2. The van der Waals surface area contributed by atoms with Gasteiger partial charge in [-0.15, -0.1) is 0 Å². The summed E-state index contributed by atoms with van der Waals surface area (Å²) in [4.78, 5) is 35.5. The fraction of sp³-hybridized carbons (Fsp3) is 0.214. The molecule has 2 N–H and O–H groups in total. The third kappa shape index (κ3) is 4.76. The topological polar surface area (TPSA) is 92.7 Å². The van der Waals surface area contributed by atoms with E-state index in [-0.39, 0.29) is 11.7 Å². The summed E-state index contributed by atoms with van der Waals surface area (Å²) in [6, 6.07) is 24.9. The lowest BCUT2D eigenvalue weighted by atomic mass is 9.99. The van der Waals surface area contributed by atoms with Gasteiger partial charge in [-0.25, -0.2) is 9.78 Å². The average Bonchev–Trinajstić information content (AvgIpc) is 2.86. The van der Waals surface area contributed by atoms with Crippen LogP contribution in [-0.4, -0.2) is 26.1 Å². The zero-order valence-corrected chi connectivity index (χ0v) is 19.8. The second kappa shape index (κ2) is 9.64. The number of fused-ring (bicyclic) bond motifs is 2. The van der Waals surface area contributed by atoms with Crippen LogP contribution in [-0.2, 0) is 13.0 Å². The van der Waals surface area contributed by atoms with Crippen molar-refractivity contribution in [2.45, 2.75) is 32.9 Å². The Morgan fingerprint density at radius 2 is 1.60 bits per heavy atom. The minimum atomic E-state index is -0.666. The highest BCUT2D eigenvalue weighted by Gasteiger charge is 2.20. The van der Waals surface area contributed by atoms with E-state index in [0.29, 0.717) is 24.4 Å². The summed E-state index contributed by atoms with van der Waals surface area (Å²) in [5.41, 5.74) is 5.18. The van der Waals surface area contributed by atoms with Gasteiger partial charge in [-0.1, -0.05) is 60.7 Å². The molecule has 0 aromatic heterocycles. The van der Waals surface area contributed by atoms with E-state index in [2.05, 4.69) is 56.7 Å². The van der Waals surface area contributed by atoms with Crippen molar-refractivity contribution in [2.75, 3.05) is 6.54 Å². The van der Waals surface area contributed by atoms with Crippen LogP contribution in [0.15, 0.2) is 82.4 Å². The lowest BCUT2D eigenvalue weighted by Crippen LogP contribution is -2.31. The summed E-state index contributed by atoms with van der Waals surface area (Å²) < 4.78 is 1.93. The fourth-order valence-electron chi connectivity index (χ4n) is 4.47. The van der Waals surface area contributed by atoms with Crippen molar-refractivity contribution in [3.05, 3.63) is 116 Å². The van der Waals surface area contributed by atoms with Gasteiger partial charge in [-0.2, -0.15) is 4.98 Å². The molecule has 7 heteroatoms. The summed E-state index contributed by atoms with van der Waals surface area (Å²) in [6.45, 7) is 5.19. The van der Waals surface area contributed by atoms with Gasteiger partial charge in [-0.3, -0.25) is 9.78 Å². The minimum absolute atomic E-state index is 0.106. The molecule has 0 radical (unpaired) electrons. The zero-order valence-electron chi connectivity index (χ0n) is 19.8. The van der Waals surface area contributed by atoms with Crippen LogP contribution in [0.3, 0.4) is 0 Å². The van der Waals surface area contributed by atoms with Gasteiger partial charge >= 0.3 is 5.69 Å². The van der Waals surface area contributed by atoms with Gasteiger partial charge in [0.2, 0.25) is 0 Å². The predicted molar refractivity (Wildman–Crippen MR) is 138 cm³/mol. The van der Waals surface area contributed by atoms with E-state index >= 15 is 0 Å². The Kier molecular flexibility index (Phi) is 6.25. The Balaban J connectivity index is 1.50. The van der Waals surface area contributed by atoms with E-state index in [9.17, 15) is 9.59 Å². The molecule has 0 saturated heterocycles. The van der Waals surface area contributed by atoms with Crippen LogP contribution in [0.2, 0.25) is 0 Å². The van der Waals surface area contributed by atoms with Crippen LogP contribution in [0.1, 0.15) is 28.3 Å². The van der Waals surface area contributed by atoms with E-state index in [0.717, 1.165) is 23.1 Å². The first kappa shape index (κ1) is 22.7. The largest absolute Gasteiger partial charge is 0.349 e. The Morgan fingerprint density at radius 1 is 0.914 bits per heavy atom. The molecule has 3 aromatic rings. The van der Waals surface area contributed by atoms with Crippen molar-refractivity contribution in [2.24, 2.45) is 0 Å². The number of nitrogens with one attached hydrogen (secondary N) is 2. The molecule has 3 aromatic carbocycles. The van der Waals surface area contributed by atoms with Crippen LogP contribution in [0, 0.1) is 13.8 Å². The molecule has 0 spiro atoms. The molecule has 0 saturated carbocycles. The van der Waals surface area contributed by atoms with E-state index in [1.807, 2.05) is 54.8 Å². The average molecular weight is 466 g/mol. The lowest BCUT2D eigenvalue weighted by molar-refractivity contribution is 0.503. The fourth-order valence-corrected chi connectivity index (χ4v) is 4.47. The molecular weight excluding hydrogens is 438 g/mol. The number of hydrogen-bond acceptors (Lipinski definition) is 5. The summed E-state index contributed by atoms with van der Waals surface area (Å²) in [6.07, 6.45) is 0.842. The molecule has 2 heterocycles. The standard InChI is InChI=1S/C28H27N5O2/c1-18-15-23-24(16-19(18)2)33(26-25(30-23)27(34)32-28(35)31-26)14-13-29-22(21-11-7-4-8-12-21)17-20-9-5-3-6-10-20/h3-12,15-16,22,29H,13-14,17H2,1-2H3,(H,32,34,35). The summed E-state index contributed by atoms with van der Waals surface area (Å²) in [7, 11) is 0. The van der Waals surface area contributed by atoms with E-state index in [1.54, 1.807) is 0 Å². The van der Waals surface area contributed by atoms with Gasteiger partial charge in [0.25, 0.3) is 5.56 Å². The Hall–Kier alpha value is -4.10. The minimum Gasteiger partial charge on any atom is -0.321 e. The number of H-pyrrole nitrogens is 1. The molecule has 35 heavy (non-hydrogen) atoms. The van der Waals surface area contributed by atoms with Gasteiger partial charge in [-0.05, 0) is 54.7 Å². The van der Waals surface area contributed by atoms with Crippen molar-refractivity contribution in [3.8, 4) is 11.5 Å². The third-order valence-electron chi connectivity index (χ3n) is 6.44. The van der Waals surface area contributed by atoms with Gasteiger partial charge in [0, 0.05) is 19.1 Å². The number of nitrogens with zero attached hydrogens (tertiary/aromatic N) is 3. The Morgan fingerprint density at radius 3 is 2.34 bits per heavy atom. The number of rotatable bonds is 7. The number of aryl methyl sites for hydroxylation is 2. The van der Waals surface area contributed by atoms with Gasteiger partial charge in [0.05, 0.1) is 11.0 Å². The first-order chi connectivity index (χ1) is 17.0. The zero-order chi connectivity index (χ0) is 24.4. The number of hydrogen-bond donors (Lipinski definition) is 2. The maximum absolute atomic E-state index is 12.5. The summed E-state index contributed by atoms with van der Waals surface area (Å²) in [5, 5.41) is 3.68. The van der Waals surface area contributed by atoms with Crippen LogP contribution in [0.5, 0.6) is 0 Å². The summed E-state index contributed by atoms with van der Waals surface area (Å²) in [5.74, 6) is 0.302. The number of aromatic amines is 1. The normalized spacial score (nSPS) is 12.3. The Bertz CT molecular complexity index is 1560. The van der Waals surface area contributed by atoms with Gasteiger partial charge in [0.1, 0.15) is 0 Å². The van der Waals surface area contributed by atoms with Crippen molar-refractivity contribution in [1.29, 1.82) is 0 Å². The molecule has 0 amide bonds. The number of benzene rings is 3. The molecule has 2 aliphatic heterocycles. The van der Waals surface area contributed by atoms with Crippen LogP contribution in [0.25, 0.3) is 22.6 Å². The molecule has 7 nitrogen and oxygen atoms in total.